The maximum absolute atomic E-state index is 12.6. The molecule has 0 aliphatic rings. The molecule has 35 heavy (non-hydrogen) atoms. The molecule has 0 radical (unpaired) electrons. The third-order valence-electron chi connectivity index (χ3n) is 6.09. The first-order valence-corrected chi connectivity index (χ1v) is 13.5. The van der Waals surface area contributed by atoms with Crippen molar-refractivity contribution in [1.29, 1.82) is 0 Å². The van der Waals surface area contributed by atoms with Crippen LogP contribution in [0.1, 0.15) is 109 Å². The van der Waals surface area contributed by atoms with E-state index in [9.17, 15) is 9.59 Å². The van der Waals surface area contributed by atoms with Gasteiger partial charge in [0.1, 0.15) is 5.70 Å². The molecular weight excluding hydrogens is 440 g/mol. The molecule has 0 aliphatic heterocycles. The molecule has 0 bridgehead atoms. The van der Waals surface area contributed by atoms with Gasteiger partial charge in [-0.1, -0.05) is 96.5 Å². The number of amides is 2. The topological polar surface area (TPSA) is 76.7 Å². The van der Waals surface area contributed by atoms with E-state index in [2.05, 4.69) is 17.6 Å². The molecule has 0 unspecified atom stereocenters. The van der Waals surface area contributed by atoms with Gasteiger partial charge in [-0.2, -0.15) is 0 Å². The fourth-order valence-corrected chi connectivity index (χ4v) is 4.07. The highest BCUT2D eigenvalue weighted by atomic mass is 16.5. The number of unbranched alkanes of at least 4 members (excludes halogenated alkanes) is 13. The SMILES string of the molecule is CCCCCCCCCCCCCCCCNC(=O)C(=Cc1ccc(OC)c(OC)c1)NC(C)=O. The molecule has 6 nitrogen and oxygen atoms in total. The second-order valence-electron chi connectivity index (χ2n) is 9.21. The van der Waals surface area contributed by atoms with Crippen molar-refractivity contribution in [3.8, 4) is 11.5 Å². The smallest absolute Gasteiger partial charge is 0.267 e. The Balaban J connectivity index is 2.26. The lowest BCUT2D eigenvalue weighted by molar-refractivity contribution is -0.122. The number of methoxy groups -OCH3 is 2. The van der Waals surface area contributed by atoms with E-state index in [0.717, 1.165) is 18.4 Å². The average molecular weight is 489 g/mol. The predicted molar refractivity (Wildman–Crippen MR) is 145 cm³/mol. The van der Waals surface area contributed by atoms with E-state index in [0.29, 0.717) is 18.0 Å². The summed E-state index contributed by atoms with van der Waals surface area (Å²) in [7, 11) is 3.13. The minimum atomic E-state index is -0.289. The molecule has 0 spiro atoms. The first kappa shape index (κ1) is 30.5. The van der Waals surface area contributed by atoms with Gasteiger partial charge >= 0.3 is 0 Å². The van der Waals surface area contributed by atoms with Crippen LogP contribution in [0.3, 0.4) is 0 Å². The number of ether oxygens (including phenoxy) is 2. The van der Waals surface area contributed by atoms with Gasteiger partial charge in [0.25, 0.3) is 5.91 Å². The molecule has 0 aromatic heterocycles. The summed E-state index contributed by atoms with van der Waals surface area (Å²) >= 11 is 0. The Bertz CT molecular complexity index is 761. The van der Waals surface area contributed by atoms with Crippen LogP contribution in [-0.4, -0.2) is 32.6 Å². The van der Waals surface area contributed by atoms with Gasteiger partial charge in [-0.3, -0.25) is 9.59 Å². The van der Waals surface area contributed by atoms with Gasteiger partial charge in [0.05, 0.1) is 14.2 Å². The van der Waals surface area contributed by atoms with Crippen LogP contribution < -0.4 is 20.1 Å². The van der Waals surface area contributed by atoms with Crippen molar-refractivity contribution < 1.29 is 19.1 Å². The highest BCUT2D eigenvalue weighted by molar-refractivity contribution is 6.00. The number of rotatable bonds is 20. The van der Waals surface area contributed by atoms with E-state index >= 15 is 0 Å². The molecule has 1 aromatic rings. The fraction of sp³-hybridized carbons (Fsp3) is 0.655. The number of hydrogen-bond donors (Lipinski definition) is 2. The molecule has 0 atom stereocenters. The number of nitrogens with one attached hydrogen (secondary N) is 2. The maximum Gasteiger partial charge on any atom is 0.267 e. The first-order chi connectivity index (χ1) is 17.0. The quantitative estimate of drug-likeness (QED) is 0.157. The van der Waals surface area contributed by atoms with Crippen LogP contribution in [0, 0.1) is 0 Å². The van der Waals surface area contributed by atoms with E-state index in [-0.39, 0.29) is 17.5 Å². The van der Waals surface area contributed by atoms with Crippen molar-refractivity contribution >= 4 is 17.9 Å². The third-order valence-corrected chi connectivity index (χ3v) is 6.09. The van der Waals surface area contributed by atoms with Crippen LogP contribution in [0.25, 0.3) is 6.08 Å². The minimum Gasteiger partial charge on any atom is -0.493 e. The Hall–Kier alpha value is -2.50. The van der Waals surface area contributed by atoms with E-state index in [1.165, 1.54) is 84.0 Å². The standard InChI is InChI=1S/C29H48N2O4/c1-5-6-7-8-9-10-11-12-13-14-15-16-17-18-21-30-29(33)26(31-24(2)32)22-25-19-20-27(34-3)28(23-25)35-4/h19-20,22-23H,5-18,21H2,1-4H3,(H,30,33)(H,31,32). The Labute approximate surface area is 213 Å². The molecule has 1 aromatic carbocycles. The van der Waals surface area contributed by atoms with Crippen LogP contribution in [-0.2, 0) is 9.59 Å². The molecule has 1 rings (SSSR count). The first-order valence-electron chi connectivity index (χ1n) is 13.5. The zero-order valence-corrected chi connectivity index (χ0v) is 22.5. The largest absolute Gasteiger partial charge is 0.493 e. The van der Waals surface area contributed by atoms with Gasteiger partial charge < -0.3 is 20.1 Å². The van der Waals surface area contributed by atoms with Crippen molar-refractivity contribution in [2.45, 2.75) is 104 Å². The van der Waals surface area contributed by atoms with Crippen LogP contribution in [0.4, 0.5) is 0 Å². The highest BCUT2D eigenvalue weighted by Gasteiger charge is 2.12. The van der Waals surface area contributed by atoms with Crippen LogP contribution in [0.5, 0.6) is 11.5 Å². The Kier molecular flexibility index (Phi) is 17.2. The molecule has 0 saturated carbocycles. The third kappa shape index (κ3) is 14.5. The zero-order chi connectivity index (χ0) is 25.7. The summed E-state index contributed by atoms with van der Waals surface area (Å²) in [4.78, 5) is 24.3. The summed E-state index contributed by atoms with van der Waals surface area (Å²) in [5.74, 6) is 0.590. The van der Waals surface area contributed by atoms with E-state index in [1.54, 1.807) is 32.4 Å². The average Bonchev–Trinajstić information content (AvgIpc) is 2.85. The van der Waals surface area contributed by atoms with Gasteiger partial charge in [-0.15, -0.1) is 0 Å². The zero-order valence-electron chi connectivity index (χ0n) is 22.5. The summed E-state index contributed by atoms with van der Waals surface area (Å²) in [5, 5.41) is 5.56. The van der Waals surface area contributed by atoms with Crippen molar-refractivity contribution in [3.63, 3.8) is 0 Å². The number of hydrogen-bond acceptors (Lipinski definition) is 4. The summed E-state index contributed by atoms with van der Waals surface area (Å²) in [6, 6.07) is 5.34. The summed E-state index contributed by atoms with van der Waals surface area (Å²) in [6.07, 6.45) is 19.9. The number of carbonyl (C=O) groups is 2. The lowest BCUT2D eigenvalue weighted by Gasteiger charge is -2.11. The van der Waals surface area contributed by atoms with Gasteiger partial charge in [0.2, 0.25) is 5.91 Å². The summed E-state index contributed by atoms with van der Waals surface area (Å²) < 4.78 is 10.6. The normalized spacial score (nSPS) is 11.3. The summed E-state index contributed by atoms with van der Waals surface area (Å²) in [5.41, 5.74) is 0.952. The molecule has 0 heterocycles. The summed E-state index contributed by atoms with van der Waals surface area (Å²) in [6.45, 7) is 4.25. The second kappa shape index (κ2) is 19.8. The van der Waals surface area contributed by atoms with Crippen LogP contribution >= 0.6 is 0 Å². The van der Waals surface area contributed by atoms with Crippen LogP contribution in [0.2, 0.25) is 0 Å². The van der Waals surface area contributed by atoms with Crippen molar-refractivity contribution in [2.24, 2.45) is 0 Å². The Morgan fingerprint density at radius 1 is 0.771 bits per heavy atom. The fourth-order valence-electron chi connectivity index (χ4n) is 4.07. The lowest BCUT2D eigenvalue weighted by Crippen LogP contribution is -2.34. The molecule has 0 aliphatic carbocycles. The lowest BCUT2D eigenvalue weighted by atomic mass is 10.0. The van der Waals surface area contributed by atoms with Gasteiger partial charge in [-0.25, -0.2) is 0 Å². The molecule has 2 amide bonds. The monoisotopic (exact) mass is 488 g/mol. The molecular formula is C29H48N2O4. The Morgan fingerprint density at radius 2 is 1.29 bits per heavy atom. The van der Waals surface area contributed by atoms with Gasteiger partial charge in [-0.05, 0) is 30.2 Å². The van der Waals surface area contributed by atoms with Crippen LogP contribution in [0.15, 0.2) is 23.9 Å². The van der Waals surface area contributed by atoms with E-state index in [1.807, 2.05) is 6.07 Å². The minimum absolute atomic E-state index is 0.218. The van der Waals surface area contributed by atoms with Crippen molar-refractivity contribution in [2.75, 3.05) is 20.8 Å². The van der Waals surface area contributed by atoms with Gasteiger partial charge in [0, 0.05) is 13.5 Å². The number of carbonyl (C=O) groups excluding carboxylic acids is 2. The molecule has 0 saturated heterocycles. The predicted octanol–water partition coefficient (Wildman–Crippen LogP) is 6.78. The van der Waals surface area contributed by atoms with Crippen molar-refractivity contribution in [3.05, 3.63) is 29.5 Å². The van der Waals surface area contributed by atoms with Crippen molar-refractivity contribution in [1.82, 2.24) is 10.6 Å². The molecule has 198 valence electrons. The number of benzene rings is 1. The molecule has 6 heteroatoms. The van der Waals surface area contributed by atoms with Gasteiger partial charge in [0.15, 0.2) is 11.5 Å². The molecule has 2 N–H and O–H groups in total. The van der Waals surface area contributed by atoms with E-state index in [4.69, 9.17) is 9.47 Å². The van der Waals surface area contributed by atoms with E-state index < -0.39 is 0 Å². The molecule has 0 fully saturated rings. The second-order valence-corrected chi connectivity index (χ2v) is 9.21. The maximum atomic E-state index is 12.6. The Morgan fingerprint density at radius 3 is 1.77 bits per heavy atom. The highest BCUT2D eigenvalue weighted by Crippen LogP contribution is 2.28.